The van der Waals surface area contributed by atoms with Crippen LogP contribution >= 0.6 is 0 Å². The van der Waals surface area contributed by atoms with E-state index in [1.54, 1.807) is 0 Å². The third-order valence-electron chi connectivity index (χ3n) is 4.01. The molecule has 1 saturated heterocycles. The smallest absolute Gasteiger partial charge is 0.0813 e. The van der Waals surface area contributed by atoms with Crippen molar-refractivity contribution in [2.45, 2.75) is 63.8 Å². The Bertz CT molecular complexity index is 257. The van der Waals surface area contributed by atoms with Gasteiger partial charge in [0.15, 0.2) is 0 Å². The van der Waals surface area contributed by atoms with Crippen LogP contribution in [0.15, 0.2) is 0 Å². The molecule has 1 saturated carbocycles. The lowest BCUT2D eigenvalue weighted by atomic mass is 10.2. The van der Waals surface area contributed by atoms with Gasteiger partial charge in [-0.05, 0) is 32.7 Å². The minimum atomic E-state index is 0.310. The standard InChI is InChI=1S/C15H30N2O2/c1-12(2)16-10-14-6-7-15(19-14)11-18-9-8-17(3)13-4-5-13/h12-16H,4-11H2,1-3H3. The first-order valence-electron chi connectivity index (χ1n) is 7.82. The third kappa shape index (κ3) is 5.78. The Labute approximate surface area is 117 Å². The molecule has 0 spiro atoms. The van der Waals surface area contributed by atoms with Crippen molar-refractivity contribution in [1.82, 2.24) is 10.2 Å². The fourth-order valence-corrected chi connectivity index (χ4v) is 2.54. The van der Waals surface area contributed by atoms with Crippen LogP contribution in [-0.4, -0.2) is 62.5 Å². The minimum Gasteiger partial charge on any atom is -0.377 e. The summed E-state index contributed by atoms with van der Waals surface area (Å²) in [5.41, 5.74) is 0. The molecule has 2 fully saturated rings. The summed E-state index contributed by atoms with van der Waals surface area (Å²) in [7, 11) is 2.20. The van der Waals surface area contributed by atoms with Crippen LogP contribution in [0.1, 0.15) is 39.5 Å². The lowest BCUT2D eigenvalue weighted by molar-refractivity contribution is -0.0178. The average Bonchev–Trinajstić information content (AvgIpc) is 3.13. The van der Waals surface area contributed by atoms with Gasteiger partial charge in [0.05, 0.1) is 25.4 Å². The molecule has 1 heterocycles. The van der Waals surface area contributed by atoms with Crippen molar-refractivity contribution in [2.75, 3.05) is 33.4 Å². The maximum atomic E-state index is 5.98. The summed E-state index contributed by atoms with van der Waals surface area (Å²) in [6.07, 6.45) is 5.73. The Balaban J connectivity index is 1.47. The maximum absolute atomic E-state index is 5.98. The number of hydrogen-bond donors (Lipinski definition) is 1. The number of nitrogens with zero attached hydrogens (tertiary/aromatic N) is 1. The number of hydrogen-bond acceptors (Lipinski definition) is 4. The van der Waals surface area contributed by atoms with Crippen molar-refractivity contribution in [3.8, 4) is 0 Å². The molecular formula is C15H30N2O2. The molecule has 2 atom stereocenters. The Morgan fingerprint density at radius 1 is 1.21 bits per heavy atom. The fourth-order valence-electron chi connectivity index (χ4n) is 2.54. The molecule has 0 aromatic heterocycles. The van der Waals surface area contributed by atoms with E-state index in [-0.39, 0.29) is 0 Å². The molecule has 19 heavy (non-hydrogen) atoms. The zero-order valence-corrected chi connectivity index (χ0v) is 12.7. The molecule has 0 amide bonds. The topological polar surface area (TPSA) is 33.7 Å². The van der Waals surface area contributed by atoms with Crippen LogP contribution in [0, 0.1) is 0 Å². The highest BCUT2D eigenvalue weighted by Gasteiger charge is 2.27. The highest BCUT2D eigenvalue weighted by atomic mass is 16.5. The largest absolute Gasteiger partial charge is 0.377 e. The van der Waals surface area contributed by atoms with Crippen LogP contribution in [0.3, 0.4) is 0 Å². The Morgan fingerprint density at radius 2 is 1.95 bits per heavy atom. The van der Waals surface area contributed by atoms with E-state index in [0.717, 1.165) is 45.2 Å². The van der Waals surface area contributed by atoms with Crippen LogP contribution in [0.2, 0.25) is 0 Å². The summed E-state index contributed by atoms with van der Waals surface area (Å²) in [4.78, 5) is 2.41. The zero-order valence-electron chi connectivity index (χ0n) is 12.7. The van der Waals surface area contributed by atoms with Gasteiger partial charge >= 0.3 is 0 Å². The van der Waals surface area contributed by atoms with Gasteiger partial charge in [-0.25, -0.2) is 0 Å². The molecule has 0 radical (unpaired) electrons. The van der Waals surface area contributed by atoms with Crippen molar-refractivity contribution >= 4 is 0 Å². The first kappa shape index (κ1) is 15.2. The average molecular weight is 270 g/mol. The molecule has 1 aliphatic carbocycles. The van der Waals surface area contributed by atoms with Crippen LogP contribution in [0.5, 0.6) is 0 Å². The lowest BCUT2D eigenvalue weighted by Crippen LogP contribution is -2.32. The number of rotatable bonds is 9. The van der Waals surface area contributed by atoms with E-state index in [9.17, 15) is 0 Å². The molecule has 0 bridgehead atoms. The fraction of sp³-hybridized carbons (Fsp3) is 1.00. The van der Waals surface area contributed by atoms with Crippen molar-refractivity contribution < 1.29 is 9.47 Å². The van der Waals surface area contributed by atoms with E-state index in [1.807, 2.05) is 0 Å². The van der Waals surface area contributed by atoms with E-state index in [2.05, 4.69) is 31.1 Å². The molecule has 2 unspecified atom stereocenters. The summed E-state index contributed by atoms with van der Waals surface area (Å²) in [5.74, 6) is 0. The monoisotopic (exact) mass is 270 g/mol. The lowest BCUT2D eigenvalue weighted by Gasteiger charge is -2.18. The highest BCUT2D eigenvalue weighted by molar-refractivity contribution is 4.82. The summed E-state index contributed by atoms with van der Waals surface area (Å²) in [5, 5.41) is 3.44. The maximum Gasteiger partial charge on any atom is 0.0813 e. The summed E-state index contributed by atoms with van der Waals surface area (Å²) in [6, 6.07) is 1.37. The highest BCUT2D eigenvalue weighted by Crippen LogP contribution is 2.25. The molecule has 2 aliphatic rings. The van der Waals surface area contributed by atoms with Gasteiger partial charge in [0.2, 0.25) is 0 Å². The van der Waals surface area contributed by atoms with Gasteiger partial charge in [-0.1, -0.05) is 13.8 Å². The van der Waals surface area contributed by atoms with Gasteiger partial charge in [-0.2, -0.15) is 0 Å². The Morgan fingerprint density at radius 3 is 2.63 bits per heavy atom. The molecule has 1 N–H and O–H groups in total. The van der Waals surface area contributed by atoms with E-state index in [4.69, 9.17) is 9.47 Å². The molecule has 2 rings (SSSR count). The van der Waals surface area contributed by atoms with Gasteiger partial charge in [0.25, 0.3) is 0 Å². The van der Waals surface area contributed by atoms with E-state index in [0.29, 0.717) is 18.2 Å². The molecule has 112 valence electrons. The molecule has 0 aromatic rings. The normalized spacial score (nSPS) is 27.6. The van der Waals surface area contributed by atoms with Gasteiger partial charge < -0.3 is 19.7 Å². The summed E-state index contributed by atoms with van der Waals surface area (Å²) in [6.45, 7) is 7.96. The molecule has 0 aromatic carbocycles. The quantitative estimate of drug-likeness (QED) is 0.646. The van der Waals surface area contributed by atoms with Gasteiger partial charge in [-0.3, -0.25) is 0 Å². The Hall–Kier alpha value is -0.160. The molecular weight excluding hydrogens is 240 g/mol. The van der Waals surface area contributed by atoms with Crippen molar-refractivity contribution in [2.24, 2.45) is 0 Å². The van der Waals surface area contributed by atoms with Crippen LogP contribution in [0.4, 0.5) is 0 Å². The number of ether oxygens (including phenoxy) is 2. The number of likely N-dealkylation sites (N-methyl/N-ethyl adjacent to an activating group) is 1. The summed E-state index contributed by atoms with van der Waals surface area (Å²) < 4.78 is 11.7. The third-order valence-corrected chi connectivity index (χ3v) is 4.01. The first-order valence-corrected chi connectivity index (χ1v) is 7.82. The summed E-state index contributed by atoms with van der Waals surface area (Å²) >= 11 is 0. The van der Waals surface area contributed by atoms with E-state index < -0.39 is 0 Å². The van der Waals surface area contributed by atoms with E-state index in [1.165, 1.54) is 12.8 Å². The number of nitrogens with one attached hydrogen (secondary N) is 1. The SMILES string of the molecule is CC(C)NCC1CCC(COCCN(C)C2CC2)O1. The molecule has 4 heteroatoms. The second-order valence-electron chi connectivity index (χ2n) is 6.31. The second kappa shape index (κ2) is 7.58. The zero-order chi connectivity index (χ0) is 13.7. The van der Waals surface area contributed by atoms with Crippen LogP contribution in [-0.2, 0) is 9.47 Å². The van der Waals surface area contributed by atoms with Crippen molar-refractivity contribution in [3.05, 3.63) is 0 Å². The first-order chi connectivity index (χ1) is 9.15. The minimum absolute atomic E-state index is 0.310. The van der Waals surface area contributed by atoms with E-state index >= 15 is 0 Å². The van der Waals surface area contributed by atoms with Crippen LogP contribution < -0.4 is 5.32 Å². The van der Waals surface area contributed by atoms with Gasteiger partial charge in [-0.15, -0.1) is 0 Å². The Kier molecular flexibility index (Phi) is 6.07. The molecule has 4 nitrogen and oxygen atoms in total. The predicted octanol–water partition coefficient (Wildman–Crippen LogP) is 1.64. The second-order valence-corrected chi connectivity index (χ2v) is 6.31. The molecule has 1 aliphatic heterocycles. The van der Waals surface area contributed by atoms with Crippen LogP contribution in [0.25, 0.3) is 0 Å². The van der Waals surface area contributed by atoms with Gasteiger partial charge in [0.1, 0.15) is 0 Å². The van der Waals surface area contributed by atoms with Crippen molar-refractivity contribution in [1.29, 1.82) is 0 Å². The predicted molar refractivity (Wildman–Crippen MR) is 77.5 cm³/mol. The van der Waals surface area contributed by atoms with Gasteiger partial charge in [0, 0.05) is 25.2 Å². The van der Waals surface area contributed by atoms with Crippen molar-refractivity contribution in [3.63, 3.8) is 0 Å².